The number of hydrogen-bond acceptors (Lipinski definition) is 4. The summed E-state index contributed by atoms with van der Waals surface area (Å²) in [5.74, 6) is 3.26. The molecular weight excluding hydrogens is 314 g/mol. The number of ether oxygens (including phenoxy) is 2. The normalized spacial score (nSPS) is 19.8. The fourth-order valence-corrected chi connectivity index (χ4v) is 3.13. The van der Waals surface area contributed by atoms with Crippen LogP contribution in [-0.2, 0) is 10.3 Å². The Morgan fingerprint density at radius 3 is 2.28 bits per heavy atom. The van der Waals surface area contributed by atoms with E-state index in [4.69, 9.17) is 15.9 Å². The minimum absolute atomic E-state index is 0.218. The summed E-state index contributed by atoms with van der Waals surface area (Å²) in [6.07, 6.45) is 5.90. The molecule has 0 amide bonds. The van der Waals surface area contributed by atoms with Crippen LogP contribution in [0.1, 0.15) is 18.1 Å². The second-order valence-electron chi connectivity index (χ2n) is 6.26. The van der Waals surface area contributed by atoms with E-state index in [9.17, 15) is 5.11 Å². The molecule has 25 heavy (non-hydrogen) atoms. The number of methoxy groups -OCH3 is 1. The van der Waals surface area contributed by atoms with Gasteiger partial charge >= 0.3 is 0 Å². The molecule has 0 saturated carbocycles. The summed E-state index contributed by atoms with van der Waals surface area (Å²) in [5, 5.41) is 11.1. The summed E-state index contributed by atoms with van der Waals surface area (Å²) in [7, 11) is 1.60. The second-order valence-corrected chi connectivity index (χ2v) is 6.26. The van der Waals surface area contributed by atoms with Gasteiger partial charge in [-0.3, -0.25) is 0 Å². The highest BCUT2D eigenvalue weighted by atomic mass is 16.5. The minimum atomic E-state index is -1.47. The van der Waals surface area contributed by atoms with Crippen molar-refractivity contribution in [3.05, 3.63) is 59.7 Å². The lowest BCUT2D eigenvalue weighted by atomic mass is 9.87. The molecule has 1 saturated heterocycles. The Hall–Kier alpha value is -2.48. The van der Waals surface area contributed by atoms with Crippen molar-refractivity contribution in [3.63, 3.8) is 0 Å². The van der Waals surface area contributed by atoms with Crippen molar-refractivity contribution in [3.8, 4) is 18.1 Å². The van der Waals surface area contributed by atoms with Gasteiger partial charge in [0.1, 0.15) is 5.75 Å². The SMILES string of the molecule is C#CC(O)(c1ccc(OC)cc1)c1ccc(N2CCOC(C)C2)cc1. The number of anilines is 1. The van der Waals surface area contributed by atoms with E-state index in [2.05, 4.69) is 17.7 Å². The maximum Gasteiger partial charge on any atom is 0.176 e. The first-order valence-electron chi connectivity index (χ1n) is 8.38. The van der Waals surface area contributed by atoms with Crippen molar-refractivity contribution in [2.75, 3.05) is 31.7 Å². The first-order valence-corrected chi connectivity index (χ1v) is 8.38. The molecule has 1 N–H and O–H groups in total. The van der Waals surface area contributed by atoms with Crippen LogP contribution in [0.15, 0.2) is 48.5 Å². The average Bonchev–Trinajstić information content (AvgIpc) is 2.67. The highest BCUT2D eigenvalue weighted by molar-refractivity contribution is 5.52. The Morgan fingerprint density at radius 1 is 1.16 bits per heavy atom. The van der Waals surface area contributed by atoms with E-state index < -0.39 is 5.60 Å². The fraction of sp³-hybridized carbons (Fsp3) is 0.333. The summed E-state index contributed by atoms with van der Waals surface area (Å²) in [5.41, 5.74) is 0.949. The third kappa shape index (κ3) is 3.48. The Bertz CT molecular complexity index is 748. The van der Waals surface area contributed by atoms with Gasteiger partial charge in [0.15, 0.2) is 5.60 Å². The lowest BCUT2D eigenvalue weighted by Crippen LogP contribution is -2.41. The number of nitrogens with zero attached hydrogens (tertiary/aromatic N) is 1. The third-order valence-electron chi connectivity index (χ3n) is 4.61. The summed E-state index contributed by atoms with van der Waals surface area (Å²) in [4.78, 5) is 2.28. The number of aliphatic hydroxyl groups is 1. The molecule has 2 unspecified atom stereocenters. The van der Waals surface area contributed by atoms with Gasteiger partial charge in [-0.15, -0.1) is 6.42 Å². The maximum atomic E-state index is 11.1. The second kappa shape index (κ2) is 7.18. The molecule has 0 spiro atoms. The highest BCUT2D eigenvalue weighted by Gasteiger charge is 2.29. The van der Waals surface area contributed by atoms with Crippen LogP contribution in [0.3, 0.4) is 0 Å². The number of morpholine rings is 1. The number of rotatable bonds is 4. The molecule has 0 bridgehead atoms. The van der Waals surface area contributed by atoms with Gasteiger partial charge < -0.3 is 19.5 Å². The van der Waals surface area contributed by atoms with E-state index in [0.717, 1.165) is 31.1 Å². The van der Waals surface area contributed by atoms with E-state index in [1.54, 1.807) is 31.4 Å². The maximum absolute atomic E-state index is 11.1. The van der Waals surface area contributed by atoms with Crippen molar-refractivity contribution in [2.45, 2.75) is 18.6 Å². The zero-order valence-electron chi connectivity index (χ0n) is 14.6. The molecule has 1 heterocycles. The summed E-state index contributed by atoms with van der Waals surface area (Å²) in [6, 6.07) is 14.9. The van der Waals surface area contributed by atoms with Gasteiger partial charge in [-0.25, -0.2) is 0 Å². The molecule has 4 nitrogen and oxygen atoms in total. The Balaban J connectivity index is 1.86. The van der Waals surface area contributed by atoms with Crippen LogP contribution < -0.4 is 9.64 Å². The van der Waals surface area contributed by atoms with Crippen LogP contribution in [-0.4, -0.2) is 38.0 Å². The molecule has 0 aromatic heterocycles. The molecule has 1 aliphatic rings. The van der Waals surface area contributed by atoms with Crippen LogP contribution in [0.4, 0.5) is 5.69 Å². The zero-order valence-corrected chi connectivity index (χ0v) is 14.6. The van der Waals surface area contributed by atoms with Gasteiger partial charge in [-0.2, -0.15) is 0 Å². The average molecular weight is 337 g/mol. The van der Waals surface area contributed by atoms with Crippen LogP contribution in [0.25, 0.3) is 0 Å². The van der Waals surface area contributed by atoms with Crippen molar-refractivity contribution < 1.29 is 14.6 Å². The molecular formula is C21H23NO3. The van der Waals surface area contributed by atoms with Gasteiger partial charge in [0.2, 0.25) is 0 Å². The molecule has 130 valence electrons. The first kappa shape index (κ1) is 17.3. The molecule has 2 aromatic carbocycles. The smallest absolute Gasteiger partial charge is 0.176 e. The largest absolute Gasteiger partial charge is 0.497 e. The van der Waals surface area contributed by atoms with Crippen LogP contribution in [0.5, 0.6) is 5.75 Å². The van der Waals surface area contributed by atoms with E-state index in [1.165, 1.54) is 0 Å². The lowest BCUT2D eigenvalue weighted by Gasteiger charge is -2.33. The van der Waals surface area contributed by atoms with E-state index >= 15 is 0 Å². The Kier molecular flexibility index (Phi) is 4.98. The van der Waals surface area contributed by atoms with Crippen LogP contribution in [0, 0.1) is 12.3 Å². The predicted octanol–water partition coefficient (Wildman–Crippen LogP) is 2.79. The zero-order chi connectivity index (χ0) is 17.9. The molecule has 1 aliphatic heterocycles. The van der Waals surface area contributed by atoms with Crippen molar-refractivity contribution in [1.82, 2.24) is 0 Å². The number of hydrogen-bond donors (Lipinski definition) is 1. The molecule has 4 heteroatoms. The first-order chi connectivity index (χ1) is 12.1. The van der Waals surface area contributed by atoms with Crippen LogP contribution in [0.2, 0.25) is 0 Å². The van der Waals surface area contributed by atoms with Crippen molar-refractivity contribution >= 4 is 5.69 Å². The minimum Gasteiger partial charge on any atom is -0.497 e. The van der Waals surface area contributed by atoms with E-state index in [0.29, 0.717) is 11.1 Å². The number of benzene rings is 2. The monoisotopic (exact) mass is 337 g/mol. The standard InChI is InChI=1S/C21H23NO3/c1-4-21(23,18-7-11-20(24-3)12-8-18)17-5-9-19(10-6-17)22-13-14-25-16(2)15-22/h1,5-12,16,23H,13-15H2,2-3H3. The highest BCUT2D eigenvalue weighted by Crippen LogP contribution is 2.31. The predicted molar refractivity (Wildman–Crippen MR) is 98.9 cm³/mol. The Morgan fingerprint density at radius 2 is 1.76 bits per heavy atom. The van der Waals surface area contributed by atoms with Gasteiger partial charge in [0.25, 0.3) is 0 Å². The lowest BCUT2D eigenvalue weighted by molar-refractivity contribution is 0.0532. The molecule has 2 aromatic rings. The van der Waals surface area contributed by atoms with Gasteiger partial charge in [-0.1, -0.05) is 30.2 Å². The quantitative estimate of drug-likeness (QED) is 0.871. The van der Waals surface area contributed by atoms with Gasteiger partial charge in [0.05, 0.1) is 19.8 Å². The van der Waals surface area contributed by atoms with Crippen LogP contribution >= 0.6 is 0 Å². The molecule has 0 radical (unpaired) electrons. The summed E-state index contributed by atoms with van der Waals surface area (Å²) >= 11 is 0. The molecule has 2 atom stereocenters. The van der Waals surface area contributed by atoms with E-state index in [1.807, 2.05) is 24.3 Å². The molecule has 0 aliphatic carbocycles. The Labute approximate surface area is 149 Å². The van der Waals surface area contributed by atoms with Crippen molar-refractivity contribution in [2.24, 2.45) is 0 Å². The molecule has 3 rings (SSSR count). The van der Waals surface area contributed by atoms with Gasteiger partial charge in [-0.05, 0) is 31.2 Å². The number of terminal acetylenes is 1. The summed E-state index contributed by atoms with van der Waals surface area (Å²) < 4.78 is 10.7. The third-order valence-corrected chi connectivity index (χ3v) is 4.61. The molecule has 1 fully saturated rings. The van der Waals surface area contributed by atoms with Gasteiger partial charge in [0, 0.05) is 29.9 Å². The topological polar surface area (TPSA) is 41.9 Å². The fourth-order valence-electron chi connectivity index (χ4n) is 3.13. The van der Waals surface area contributed by atoms with Crippen molar-refractivity contribution in [1.29, 1.82) is 0 Å². The summed E-state index contributed by atoms with van der Waals surface area (Å²) in [6.45, 7) is 4.52. The van der Waals surface area contributed by atoms with E-state index in [-0.39, 0.29) is 6.10 Å².